The summed E-state index contributed by atoms with van der Waals surface area (Å²) < 4.78 is 21.1. The number of ether oxygens (including phenoxy) is 3. The number of rotatable bonds is 5. The van der Waals surface area contributed by atoms with Gasteiger partial charge in [-0.1, -0.05) is 0 Å². The normalized spacial score (nSPS) is 10.9. The number of allylic oxidation sites excluding steroid dienone is 1. The van der Waals surface area contributed by atoms with Crippen LogP contribution in [0.4, 0.5) is 0 Å². The molecule has 108 valence electrons. The maximum atomic E-state index is 9.27. The minimum Gasteiger partial charge on any atom is -0.496 e. The van der Waals surface area contributed by atoms with Crippen LogP contribution in [0, 0.1) is 11.3 Å². The molecule has 0 N–H and O–H groups in total. The molecule has 0 saturated carbocycles. The predicted molar refractivity (Wildman–Crippen MR) is 78.3 cm³/mol. The monoisotopic (exact) mass is 285 g/mol. The standard InChI is InChI=1S/C16H15NO4/c1-18-14-9-16(20-3)15(19-2)8-11(14)7-12(10-17)13-5-4-6-21-13/h4-9H,1-3H3/b12-7+. The molecule has 0 fully saturated rings. The van der Waals surface area contributed by atoms with Gasteiger partial charge in [-0.05, 0) is 24.3 Å². The van der Waals surface area contributed by atoms with Crippen LogP contribution in [0.25, 0.3) is 11.6 Å². The second-order valence-electron chi connectivity index (χ2n) is 4.10. The third kappa shape index (κ3) is 3.00. The first kappa shape index (κ1) is 14.5. The zero-order valence-electron chi connectivity index (χ0n) is 12.0. The molecule has 0 saturated heterocycles. The minimum atomic E-state index is 0.394. The molecule has 0 aliphatic carbocycles. The molecular formula is C16H15NO4. The SMILES string of the molecule is COc1cc(OC)c(OC)cc1/C=C(\C#N)c1ccco1. The molecule has 5 heteroatoms. The summed E-state index contributed by atoms with van der Waals surface area (Å²) in [6.45, 7) is 0. The summed E-state index contributed by atoms with van der Waals surface area (Å²) in [6.07, 6.45) is 3.20. The molecule has 1 aromatic carbocycles. The highest BCUT2D eigenvalue weighted by Gasteiger charge is 2.12. The van der Waals surface area contributed by atoms with Gasteiger partial charge in [0.2, 0.25) is 0 Å². The Hall–Kier alpha value is -2.87. The molecule has 0 aliphatic rings. The van der Waals surface area contributed by atoms with Gasteiger partial charge in [-0.25, -0.2) is 0 Å². The van der Waals surface area contributed by atoms with Crippen molar-refractivity contribution < 1.29 is 18.6 Å². The Labute approximate surface area is 123 Å². The fourth-order valence-electron chi connectivity index (χ4n) is 1.91. The van der Waals surface area contributed by atoms with Crippen molar-refractivity contribution in [2.45, 2.75) is 0 Å². The lowest BCUT2D eigenvalue weighted by atomic mass is 10.1. The number of hydrogen-bond acceptors (Lipinski definition) is 5. The summed E-state index contributed by atoms with van der Waals surface area (Å²) in [6, 6.07) is 9.02. The zero-order valence-corrected chi connectivity index (χ0v) is 12.0. The van der Waals surface area contributed by atoms with Crippen LogP contribution in [-0.2, 0) is 0 Å². The van der Waals surface area contributed by atoms with E-state index in [9.17, 15) is 5.26 Å². The van der Waals surface area contributed by atoms with Crippen molar-refractivity contribution in [1.29, 1.82) is 5.26 Å². The third-order valence-electron chi connectivity index (χ3n) is 2.94. The average molecular weight is 285 g/mol. The first-order chi connectivity index (χ1) is 10.2. The highest BCUT2D eigenvalue weighted by atomic mass is 16.5. The van der Waals surface area contributed by atoms with Crippen molar-refractivity contribution in [3.8, 4) is 23.3 Å². The van der Waals surface area contributed by atoms with Crippen molar-refractivity contribution >= 4 is 11.6 Å². The Kier molecular flexibility index (Phi) is 4.52. The number of benzene rings is 1. The van der Waals surface area contributed by atoms with Crippen LogP contribution in [0.2, 0.25) is 0 Å². The van der Waals surface area contributed by atoms with E-state index in [2.05, 4.69) is 6.07 Å². The van der Waals surface area contributed by atoms with Gasteiger partial charge in [0.15, 0.2) is 11.5 Å². The molecular weight excluding hydrogens is 270 g/mol. The lowest BCUT2D eigenvalue weighted by molar-refractivity contribution is 0.348. The van der Waals surface area contributed by atoms with Crippen LogP contribution in [0.15, 0.2) is 34.9 Å². The summed E-state index contributed by atoms with van der Waals surface area (Å²) in [4.78, 5) is 0. The van der Waals surface area contributed by atoms with E-state index in [0.717, 1.165) is 0 Å². The Balaban J connectivity index is 2.55. The summed E-state index contributed by atoms with van der Waals surface area (Å²) in [7, 11) is 4.66. The lowest BCUT2D eigenvalue weighted by Crippen LogP contribution is -1.94. The van der Waals surface area contributed by atoms with Crippen molar-refractivity contribution in [2.24, 2.45) is 0 Å². The molecule has 0 unspecified atom stereocenters. The maximum Gasteiger partial charge on any atom is 0.164 e. The average Bonchev–Trinajstić information content (AvgIpc) is 3.05. The number of hydrogen-bond donors (Lipinski definition) is 0. The van der Waals surface area contributed by atoms with Crippen LogP contribution in [0.3, 0.4) is 0 Å². The fourth-order valence-corrected chi connectivity index (χ4v) is 1.91. The van der Waals surface area contributed by atoms with Gasteiger partial charge in [0.05, 0.1) is 33.2 Å². The highest BCUT2D eigenvalue weighted by Crippen LogP contribution is 2.36. The molecule has 0 spiro atoms. The second kappa shape index (κ2) is 6.53. The van der Waals surface area contributed by atoms with Crippen LogP contribution in [0.1, 0.15) is 11.3 Å². The summed E-state index contributed by atoms with van der Waals surface area (Å²) in [5, 5.41) is 9.27. The Bertz CT molecular complexity index is 681. The van der Waals surface area contributed by atoms with Crippen LogP contribution in [-0.4, -0.2) is 21.3 Å². The van der Waals surface area contributed by atoms with E-state index in [1.165, 1.54) is 6.26 Å². The second-order valence-corrected chi connectivity index (χ2v) is 4.10. The molecule has 1 aromatic heterocycles. The quantitative estimate of drug-likeness (QED) is 0.788. The van der Waals surface area contributed by atoms with Crippen LogP contribution < -0.4 is 14.2 Å². The van der Waals surface area contributed by atoms with Gasteiger partial charge in [-0.2, -0.15) is 5.26 Å². The fraction of sp³-hybridized carbons (Fsp3) is 0.188. The van der Waals surface area contributed by atoms with Gasteiger partial charge >= 0.3 is 0 Å². The lowest BCUT2D eigenvalue weighted by Gasteiger charge is -2.12. The summed E-state index contributed by atoms with van der Waals surface area (Å²) >= 11 is 0. The molecule has 0 atom stereocenters. The molecule has 1 heterocycles. The number of nitrogens with zero attached hydrogens (tertiary/aromatic N) is 1. The van der Waals surface area contributed by atoms with Crippen molar-refractivity contribution in [2.75, 3.05) is 21.3 Å². The maximum absolute atomic E-state index is 9.27. The molecule has 2 aromatic rings. The number of nitriles is 1. The van der Waals surface area contributed by atoms with E-state index in [1.54, 1.807) is 51.7 Å². The van der Waals surface area contributed by atoms with Gasteiger partial charge in [0.25, 0.3) is 0 Å². The van der Waals surface area contributed by atoms with Gasteiger partial charge in [0, 0.05) is 11.6 Å². The van der Waals surface area contributed by atoms with E-state index in [-0.39, 0.29) is 0 Å². The molecule has 5 nitrogen and oxygen atoms in total. The van der Waals surface area contributed by atoms with E-state index < -0.39 is 0 Å². The molecule has 0 radical (unpaired) electrons. The minimum absolute atomic E-state index is 0.394. The topological polar surface area (TPSA) is 64.6 Å². The van der Waals surface area contributed by atoms with Gasteiger partial charge in [-0.15, -0.1) is 0 Å². The van der Waals surface area contributed by atoms with Gasteiger partial charge < -0.3 is 18.6 Å². The van der Waals surface area contributed by atoms with E-state index in [4.69, 9.17) is 18.6 Å². The first-order valence-electron chi connectivity index (χ1n) is 6.19. The van der Waals surface area contributed by atoms with Crippen LogP contribution >= 0.6 is 0 Å². The van der Waals surface area contributed by atoms with E-state index in [0.29, 0.717) is 34.1 Å². The van der Waals surface area contributed by atoms with Gasteiger partial charge in [-0.3, -0.25) is 0 Å². The van der Waals surface area contributed by atoms with E-state index in [1.807, 2.05) is 0 Å². The van der Waals surface area contributed by atoms with Crippen LogP contribution in [0.5, 0.6) is 17.2 Å². The van der Waals surface area contributed by atoms with E-state index >= 15 is 0 Å². The van der Waals surface area contributed by atoms with Crippen molar-refractivity contribution in [3.63, 3.8) is 0 Å². The highest BCUT2D eigenvalue weighted by molar-refractivity contribution is 5.89. The van der Waals surface area contributed by atoms with Gasteiger partial charge in [0.1, 0.15) is 17.6 Å². The van der Waals surface area contributed by atoms with Crippen molar-refractivity contribution in [1.82, 2.24) is 0 Å². The molecule has 0 amide bonds. The predicted octanol–water partition coefficient (Wildman–Crippen LogP) is 3.37. The molecule has 0 aliphatic heterocycles. The largest absolute Gasteiger partial charge is 0.496 e. The Morgan fingerprint density at radius 1 is 1.10 bits per heavy atom. The summed E-state index contributed by atoms with van der Waals surface area (Å²) in [5.74, 6) is 2.19. The summed E-state index contributed by atoms with van der Waals surface area (Å²) in [5.41, 5.74) is 1.09. The number of methoxy groups -OCH3 is 3. The third-order valence-corrected chi connectivity index (χ3v) is 2.94. The Morgan fingerprint density at radius 2 is 1.76 bits per heavy atom. The smallest absolute Gasteiger partial charge is 0.164 e. The molecule has 2 rings (SSSR count). The number of furan rings is 1. The zero-order chi connectivity index (χ0) is 15.2. The van der Waals surface area contributed by atoms with Crippen molar-refractivity contribution in [3.05, 3.63) is 41.9 Å². The first-order valence-corrected chi connectivity index (χ1v) is 6.19. The molecule has 21 heavy (non-hydrogen) atoms. The Morgan fingerprint density at radius 3 is 2.29 bits per heavy atom. The molecule has 0 bridgehead atoms.